The summed E-state index contributed by atoms with van der Waals surface area (Å²) in [4.78, 5) is 18.9. The van der Waals surface area contributed by atoms with Crippen molar-refractivity contribution in [3.8, 4) is 5.75 Å². The van der Waals surface area contributed by atoms with E-state index in [-0.39, 0.29) is 6.16 Å². The van der Waals surface area contributed by atoms with Crippen molar-refractivity contribution in [2.24, 2.45) is 0 Å². The number of hydrogen-bond acceptors (Lipinski definition) is 2. The van der Waals surface area contributed by atoms with Gasteiger partial charge in [-0.05, 0) is 41.2 Å². The quantitative estimate of drug-likeness (QED) is 0.520. The third-order valence-corrected chi connectivity index (χ3v) is 5.33. The monoisotopic (exact) mass is 396 g/mol. The molecule has 0 aliphatic rings. The molecule has 0 aromatic heterocycles. The molecule has 3 aromatic rings. The molecule has 146 valence electrons. The van der Waals surface area contributed by atoms with Gasteiger partial charge in [0.05, 0.1) is 6.16 Å². The van der Waals surface area contributed by atoms with Gasteiger partial charge in [-0.1, -0.05) is 73.7 Å². The predicted octanol–water partition coefficient (Wildman–Crippen LogP) is 5.10. The van der Waals surface area contributed by atoms with E-state index in [1.165, 1.54) is 5.56 Å². The molecule has 0 atom stereocenters. The lowest BCUT2D eigenvalue weighted by atomic mass is 10.0. The van der Waals surface area contributed by atoms with Crippen molar-refractivity contribution < 1.29 is 19.1 Å². The number of rotatable bonds is 8. The van der Waals surface area contributed by atoms with E-state index in [0.29, 0.717) is 24.3 Å². The lowest BCUT2D eigenvalue weighted by Gasteiger charge is -2.14. The summed E-state index contributed by atoms with van der Waals surface area (Å²) in [6.07, 6.45) is 1.37. The highest BCUT2D eigenvalue weighted by molar-refractivity contribution is 7.50. The molecule has 0 aliphatic heterocycles. The molecular weight excluding hydrogens is 371 g/mol. The fourth-order valence-electron chi connectivity index (χ4n) is 3.09. The van der Waals surface area contributed by atoms with E-state index in [1.54, 1.807) is 0 Å². The predicted molar refractivity (Wildman–Crippen MR) is 112 cm³/mol. The zero-order valence-electron chi connectivity index (χ0n) is 15.9. The summed E-state index contributed by atoms with van der Waals surface area (Å²) in [5, 5.41) is 0. The third-order valence-electron chi connectivity index (χ3n) is 4.58. The van der Waals surface area contributed by atoms with Crippen molar-refractivity contribution in [1.82, 2.24) is 0 Å². The van der Waals surface area contributed by atoms with Gasteiger partial charge in [-0.25, -0.2) is 0 Å². The minimum atomic E-state index is -4.20. The second-order valence-electron chi connectivity index (χ2n) is 6.89. The molecule has 0 amide bonds. The van der Waals surface area contributed by atoms with Gasteiger partial charge < -0.3 is 14.5 Å². The summed E-state index contributed by atoms with van der Waals surface area (Å²) >= 11 is 0. The van der Waals surface area contributed by atoms with Gasteiger partial charge in [0.15, 0.2) is 0 Å². The summed E-state index contributed by atoms with van der Waals surface area (Å²) in [7, 11) is -4.20. The van der Waals surface area contributed by atoms with Crippen LogP contribution in [-0.2, 0) is 30.2 Å². The van der Waals surface area contributed by atoms with Crippen molar-refractivity contribution in [3.63, 3.8) is 0 Å². The van der Waals surface area contributed by atoms with Gasteiger partial charge >= 0.3 is 7.60 Å². The topological polar surface area (TPSA) is 66.8 Å². The first-order chi connectivity index (χ1) is 13.4. The molecule has 0 spiro atoms. The van der Waals surface area contributed by atoms with Crippen LogP contribution in [0.2, 0.25) is 0 Å². The van der Waals surface area contributed by atoms with E-state index < -0.39 is 7.60 Å². The Bertz CT molecular complexity index is 946. The Morgan fingerprint density at radius 3 is 2.11 bits per heavy atom. The molecule has 0 saturated carbocycles. The van der Waals surface area contributed by atoms with Gasteiger partial charge in [-0.2, -0.15) is 0 Å². The first kappa shape index (κ1) is 20.3. The Morgan fingerprint density at radius 1 is 0.821 bits per heavy atom. The maximum absolute atomic E-state index is 11.6. The Hall–Kier alpha value is -2.39. The Labute approximate surface area is 166 Å². The first-order valence-electron chi connectivity index (χ1n) is 9.34. The van der Waals surface area contributed by atoms with Gasteiger partial charge in [0, 0.05) is 5.56 Å². The standard InChI is InChI=1S/C23H25O4P/c1-2-18-8-10-19(11-9-18)14-21-12-13-23(22(15-21)17-28(24,25)26)27-16-20-6-4-3-5-7-20/h3-13,15H,2,14,16-17H2,1H3,(H2,24,25,26). The van der Waals surface area contributed by atoms with E-state index in [1.807, 2.05) is 48.5 Å². The summed E-state index contributed by atoms with van der Waals surface area (Å²) in [6, 6.07) is 23.7. The molecule has 0 radical (unpaired) electrons. The van der Waals surface area contributed by atoms with Crippen LogP contribution in [0.4, 0.5) is 0 Å². The molecule has 0 bridgehead atoms. The van der Waals surface area contributed by atoms with Gasteiger partial charge in [-0.15, -0.1) is 0 Å². The highest BCUT2D eigenvalue weighted by Gasteiger charge is 2.18. The molecule has 0 aliphatic carbocycles. The number of hydrogen-bond donors (Lipinski definition) is 2. The molecule has 0 unspecified atom stereocenters. The van der Waals surface area contributed by atoms with E-state index >= 15 is 0 Å². The fourth-order valence-corrected chi connectivity index (χ4v) is 3.78. The first-order valence-corrected chi connectivity index (χ1v) is 11.1. The minimum Gasteiger partial charge on any atom is -0.489 e. The average molecular weight is 396 g/mol. The maximum Gasteiger partial charge on any atom is 0.330 e. The van der Waals surface area contributed by atoms with Crippen molar-refractivity contribution in [3.05, 3.63) is 101 Å². The number of aryl methyl sites for hydroxylation is 1. The highest BCUT2D eigenvalue weighted by atomic mass is 31.2. The van der Waals surface area contributed by atoms with Crippen LogP contribution in [-0.4, -0.2) is 9.79 Å². The van der Waals surface area contributed by atoms with Crippen molar-refractivity contribution in [1.29, 1.82) is 0 Å². The molecular formula is C23H25O4P. The van der Waals surface area contributed by atoms with Crippen molar-refractivity contribution >= 4 is 7.60 Å². The van der Waals surface area contributed by atoms with E-state index in [4.69, 9.17) is 4.74 Å². The van der Waals surface area contributed by atoms with Crippen LogP contribution < -0.4 is 4.74 Å². The molecule has 5 heteroatoms. The normalized spacial score (nSPS) is 11.4. The second kappa shape index (κ2) is 9.20. The smallest absolute Gasteiger partial charge is 0.330 e. The van der Waals surface area contributed by atoms with Crippen LogP contribution in [0, 0.1) is 0 Å². The lowest BCUT2D eigenvalue weighted by Crippen LogP contribution is -2.01. The molecule has 2 N–H and O–H groups in total. The Balaban J connectivity index is 1.80. The summed E-state index contributed by atoms with van der Waals surface area (Å²) in [5.74, 6) is 0.511. The van der Waals surface area contributed by atoms with E-state index in [0.717, 1.165) is 23.1 Å². The zero-order valence-corrected chi connectivity index (χ0v) is 16.8. The van der Waals surface area contributed by atoms with E-state index in [9.17, 15) is 14.4 Å². The van der Waals surface area contributed by atoms with Crippen LogP contribution in [0.15, 0.2) is 72.8 Å². The molecule has 4 nitrogen and oxygen atoms in total. The third kappa shape index (κ3) is 6.07. The maximum atomic E-state index is 11.6. The fraction of sp³-hybridized carbons (Fsp3) is 0.217. The van der Waals surface area contributed by atoms with Crippen LogP contribution >= 0.6 is 7.60 Å². The second-order valence-corrected chi connectivity index (χ2v) is 8.53. The van der Waals surface area contributed by atoms with Crippen LogP contribution in [0.1, 0.15) is 34.7 Å². The average Bonchev–Trinajstić information content (AvgIpc) is 2.67. The summed E-state index contributed by atoms with van der Waals surface area (Å²) in [5.41, 5.74) is 4.99. The largest absolute Gasteiger partial charge is 0.489 e. The highest BCUT2D eigenvalue weighted by Crippen LogP contribution is 2.42. The van der Waals surface area contributed by atoms with Crippen molar-refractivity contribution in [2.75, 3.05) is 0 Å². The van der Waals surface area contributed by atoms with Crippen LogP contribution in [0.3, 0.4) is 0 Å². The molecule has 0 saturated heterocycles. The zero-order chi connectivity index (χ0) is 20.0. The molecule has 3 aromatic carbocycles. The minimum absolute atomic E-state index is 0.334. The number of benzene rings is 3. The van der Waals surface area contributed by atoms with Crippen molar-refractivity contribution in [2.45, 2.75) is 32.5 Å². The number of ether oxygens (including phenoxy) is 1. The molecule has 0 fully saturated rings. The molecule has 0 heterocycles. The SMILES string of the molecule is CCc1ccc(Cc2ccc(OCc3ccccc3)c(CP(=O)(O)O)c2)cc1. The van der Waals surface area contributed by atoms with Gasteiger partial charge in [0.2, 0.25) is 0 Å². The lowest BCUT2D eigenvalue weighted by molar-refractivity contribution is 0.302. The van der Waals surface area contributed by atoms with E-state index in [2.05, 4.69) is 31.2 Å². The summed E-state index contributed by atoms with van der Waals surface area (Å²) < 4.78 is 17.5. The summed E-state index contributed by atoms with van der Waals surface area (Å²) in [6.45, 7) is 2.48. The Kier molecular flexibility index (Phi) is 6.69. The Morgan fingerprint density at radius 2 is 1.46 bits per heavy atom. The molecule has 3 rings (SSSR count). The van der Waals surface area contributed by atoms with Gasteiger partial charge in [0.25, 0.3) is 0 Å². The van der Waals surface area contributed by atoms with Gasteiger partial charge in [0.1, 0.15) is 12.4 Å². The molecule has 28 heavy (non-hydrogen) atoms. The van der Waals surface area contributed by atoms with Gasteiger partial charge in [-0.3, -0.25) is 4.57 Å². The van der Waals surface area contributed by atoms with Crippen LogP contribution in [0.25, 0.3) is 0 Å². The van der Waals surface area contributed by atoms with Crippen LogP contribution in [0.5, 0.6) is 5.75 Å².